The number of aryl methyl sites for hydroxylation is 1. The number of para-hydroxylation sites is 2. The highest BCUT2D eigenvalue weighted by atomic mass is 32.2. The van der Waals surface area contributed by atoms with E-state index >= 15 is 0 Å². The Morgan fingerprint density at radius 1 is 1.40 bits per heavy atom. The molecule has 1 aromatic carbocycles. The second-order valence-electron chi connectivity index (χ2n) is 3.43. The van der Waals surface area contributed by atoms with Gasteiger partial charge in [0.15, 0.2) is 5.16 Å². The van der Waals surface area contributed by atoms with E-state index < -0.39 is 0 Å². The molecule has 0 radical (unpaired) electrons. The third-order valence-electron chi connectivity index (χ3n) is 2.33. The topological polar surface area (TPSA) is 43.8 Å². The van der Waals surface area contributed by atoms with Crippen molar-refractivity contribution >= 4 is 22.8 Å². The minimum atomic E-state index is 0.747. The normalized spacial score (nSPS) is 11.1. The van der Waals surface area contributed by atoms with Crippen LogP contribution in [0.2, 0.25) is 0 Å². The number of hydrogen-bond donors (Lipinski definition) is 1. The summed E-state index contributed by atoms with van der Waals surface area (Å²) in [5.74, 6) is 1.04. The first-order valence-corrected chi connectivity index (χ1v) is 6.06. The molecular weight excluding hydrogens is 206 g/mol. The van der Waals surface area contributed by atoms with Gasteiger partial charge in [0.1, 0.15) is 0 Å². The van der Waals surface area contributed by atoms with Gasteiger partial charge in [0, 0.05) is 12.8 Å². The smallest absolute Gasteiger partial charge is 0.168 e. The Morgan fingerprint density at radius 3 is 2.93 bits per heavy atom. The molecule has 0 amide bonds. The van der Waals surface area contributed by atoms with Crippen molar-refractivity contribution < 1.29 is 0 Å². The maximum atomic E-state index is 5.47. The van der Waals surface area contributed by atoms with Gasteiger partial charge in [-0.2, -0.15) is 0 Å². The molecule has 3 nitrogen and oxygen atoms in total. The van der Waals surface area contributed by atoms with Crippen molar-refractivity contribution in [3.63, 3.8) is 0 Å². The van der Waals surface area contributed by atoms with Gasteiger partial charge in [-0.3, -0.25) is 0 Å². The van der Waals surface area contributed by atoms with Crippen LogP contribution < -0.4 is 5.73 Å². The van der Waals surface area contributed by atoms with Crippen LogP contribution in [0.15, 0.2) is 29.4 Å². The van der Waals surface area contributed by atoms with Crippen molar-refractivity contribution in [3.8, 4) is 0 Å². The van der Waals surface area contributed by atoms with E-state index in [1.165, 1.54) is 5.52 Å². The first kappa shape index (κ1) is 10.5. The molecule has 0 atom stereocenters. The Balaban J connectivity index is 2.24. The van der Waals surface area contributed by atoms with Gasteiger partial charge in [0.25, 0.3) is 0 Å². The lowest BCUT2D eigenvalue weighted by Gasteiger charge is -2.00. The predicted molar refractivity (Wildman–Crippen MR) is 65.1 cm³/mol. The quantitative estimate of drug-likeness (QED) is 0.634. The van der Waals surface area contributed by atoms with Crippen LogP contribution in [0.25, 0.3) is 11.0 Å². The minimum absolute atomic E-state index is 0.747. The number of nitrogens with two attached hydrogens (primary N) is 1. The van der Waals surface area contributed by atoms with E-state index in [2.05, 4.69) is 22.7 Å². The van der Waals surface area contributed by atoms with Crippen LogP contribution in [-0.4, -0.2) is 21.8 Å². The van der Waals surface area contributed by atoms with E-state index in [4.69, 9.17) is 5.73 Å². The van der Waals surface area contributed by atoms with Crippen molar-refractivity contribution in [2.24, 2.45) is 12.8 Å². The summed E-state index contributed by atoms with van der Waals surface area (Å²) < 4.78 is 2.14. The molecule has 0 bridgehead atoms. The molecule has 0 unspecified atom stereocenters. The number of nitrogens with zero attached hydrogens (tertiary/aromatic N) is 2. The van der Waals surface area contributed by atoms with Gasteiger partial charge in [0.2, 0.25) is 0 Å². The molecule has 1 aromatic heterocycles. The average molecular weight is 221 g/mol. The summed E-state index contributed by atoms with van der Waals surface area (Å²) in [6.45, 7) is 0.747. The lowest BCUT2D eigenvalue weighted by atomic mass is 10.3. The minimum Gasteiger partial charge on any atom is -0.330 e. The molecule has 0 spiro atoms. The van der Waals surface area contributed by atoms with Crippen molar-refractivity contribution in [2.45, 2.75) is 11.6 Å². The number of hydrogen-bond acceptors (Lipinski definition) is 3. The van der Waals surface area contributed by atoms with Crippen LogP contribution >= 0.6 is 11.8 Å². The molecule has 1 heterocycles. The molecule has 4 heteroatoms. The summed E-state index contributed by atoms with van der Waals surface area (Å²) >= 11 is 1.77. The van der Waals surface area contributed by atoms with E-state index in [1.54, 1.807) is 11.8 Å². The fourth-order valence-electron chi connectivity index (χ4n) is 1.50. The maximum Gasteiger partial charge on any atom is 0.168 e. The Hall–Kier alpha value is -1.00. The predicted octanol–water partition coefficient (Wildman–Crippen LogP) is 2.01. The number of rotatable bonds is 4. The highest BCUT2D eigenvalue weighted by molar-refractivity contribution is 7.99. The first-order chi connectivity index (χ1) is 7.33. The molecule has 0 aliphatic carbocycles. The fraction of sp³-hybridized carbons (Fsp3) is 0.364. The monoisotopic (exact) mass is 221 g/mol. The van der Waals surface area contributed by atoms with Crippen molar-refractivity contribution in [1.82, 2.24) is 9.55 Å². The Labute approximate surface area is 93.7 Å². The highest BCUT2D eigenvalue weighted by Crippen LogP contribution is 2.22. The molecular formula is C11H15N3S. The van der Waals surface area contributed by atoms with E-state index in [9.17, 15) is 0 Å². The lowest BCUT2D eigenvalue weighted by Crippen LogP contribution is -2.00. The van der Waals surface area contributed by atoms with Crippen LogP contribution in [0.5, 0.6) is 0 Å². The summed E-state index contributed by atoms with van der Waals surface area (Å²) in [6, 6.07) is 8.19. The van der Waals surface area contributed by atoms with E-state index in [-0.39, 0.29) is 0 Å². The highest BCUT2D eigenvalue weighted by Gasteiger charge is 2.06. The molecule has 0 aliphatic rings. The lowest BCUT2D eigenvalue weighted by molar-refractivity contribution is 0.812. The van der Waals surface area contributed by atoms with Crippen LogP contribution in [0.1, 0.15) is 6.42 Å². The number of benzene rings is 1. The number of thioether (sulfide) groups is 1. The summed E-state index contributed by atoms with van der Waals surface area (Å²) in [7, 11) is 2.06. The van der Waals surface area contributed by atoms with Crippen LogP contribution in [0.4, 0.5) is 0 Å². The number of aromatic nitrogens is 2. The number of imidazole rings is 1. The van der Waals surface area contributed by atoms with E-state index in [1.807, 2.05) is 18.2 Å². The molecule has 0 aliphatic heterocycles. The molecule has 15 heavy (non-hydrogen) atoms. The van der Waals surface area contributed by atoms with Crippen LogP contribution in [-0.2, 0) is 7.05 Å². The SMILES string of the molecule is Cn1c(SCCCN)nc2ccccc21. The van der Waals surface area contributed by atoms with E-state index in [0.717, 1.165) is 29.4 Å². The maximum absolute atomic E-state index is 5.47. The average Bonchev–Trinajstić information content (AvgIpc) is 2.57. The van der Waals surface area contributed by atoms with Gasteiger partial charge in [-0.25, -0.2) is 4.98 Å². The van der Waals surface area contributed by atoms with Crippen LogP contribution in [0.3, 0.4) is 0 Å². The van der Waals surface area contributed by atoms with Gasteiger partial charge in [0.05, 0.1) is 11.0 Å². The van der Waals surface area contributed by atoms with Gasteiger partial charge >= 0.3 is 0 Å². The molecule has 2 rings (SSSR count). The number of fused-ring (bicyclic) bond motifs is 1. The van der Waals surface area contributed by atoms with Crippen molar-refractivity contribution in [3.05, 3.63) is 24.3 Å². The Kier molecular flexibility index (Phi) is 3.28. The van der Waals surface area contributed by atoms with Crippen LogP contribution in [0, 0.1) is 0 Å². The summed E-state index contributed by atoms with van der Waals surface area (Å²) in [4.78, 5) is 4.57. The second-order valence-corrected chi connectivity index (χ2v) is 4.49. The third kappa shape index (κ3) is 2.16. The van der Waals surface area contributed by atoms with Gasteiger partial charge in [-0.15, -0.1) is 0 Å². The molecule has 0 saturated heterocycles. The first-order valence-electron chi connectivity index (χ1n) is 5.07. The summed E-state index contributed by atoms with van der Waals surface area (Å²) in [6.07, 6.45) is 1.04. The molecule has 80 valence electrons. The third-order valence-corrected chi connectivity index (χ3v) is 3.44. The van der Waals surface area contributed by atoms with Gasteiger partial charge in [-0.05, 0) is 25.1 Å². The Bertz CT molecular complexity index is 450. The van der Waals surface area contributed by atoms with Crippen molar-refractivity contribution in [1.29, 1.82) is 0 Å². The van der Waals surface area contributed by atoms with Gasteiger partial charge in [-0.1, -0.05) is 23.9 Å². The van der Waals surface area contributed by atoms with Gasteiger partial charge < -0.3 is 10.3 Å². The van der Waals surface area contributed by atoms with E-state index in [0.29, 0.717) is 0 Å². The fourth-order valence-corrected chi connectivity index (χ4v) is 2.45. The van der Waals surface area contributed by atoms with Crippen molar-refractivity contribution in [2.75, 3.05) is 12.3 Å². The molecule has 2 aromatic rings. The molecule has 2 N–H and O–H groups in total. The summed E-state index contributed by atoms with van der Waals surface area (Å²) in [5, 5.41) is 1.07. The summed E-state index contributed by atoms with van der Waals surface area (Å²) in [5.41, 5.74) is 7.72. The second kappa shape index (κ2) is 4.68. The molecule has 0 fully saturated rings. The molecule has 0 saturated carbocycles. The standard InChI is InChI=1S/C11H15N3S/c1-14-10-6-3-2-5-9(10)13-11(14)15-8-4-7-12/h2-3,5-6H,4,7-8,12H2,1H3. The zero-order valence-corrected chi connectivity index (χ0v) is 9.63. The largest absolute Gasteiger partial charge is 0.330 e. The zero-order chi connectivity index (χ0) is 10.7. The Morgan fingerprint density at radius 2 is 2.20 bits per heavy atom. The zero-order valence-electron chi connectivity index (χ0n) is 8.81.